The number of imidazole rings is 1. The molecule has 0 saturated carbocycles. The fraction of sp³-hybridized carbons (Fsp3) is 0.278. The molecule has 4 rings (SSSR count). The summed E-state index contributed by atoms with van der Waals surface area (Å²) >= 11 is 0. The molecule has 1 aliphatic heterocycles. The minimum atomic E-state index is 0.294. The summed E-state index contributed by atoms with van der Waals surface area (Å²) < 4.78 is 5.75. The summed E-state index contributed by atoms with van der Waals surface area (Å²) in [7, 11) is 0. The van der Waals surface area contributed by atoms with Crippen LogP contribution in [0.25, 0.3) is 11.0 Å². The van der Waals surface area contributed by atoms with Gasteiger partial charge in [-0.1, -0.05) is 18.2 Å². The van der Waals surface area contributed by atoms with Crippen molar-refractivity contribution in [1.29, 1.82) is 0 Å². The van der Waals surface area contributed by atoms with Crippen LogP contribution < -0.4 is 4.74 Å². The lowest BCUT2D eigenvalue weighted by atomic mass is 9.92. The Morgan fingerprint density at radius 2 is 1.95 bits per heavy atom. The van der Waals surface area contributed by atoms with Gasteiger partial charge in [0.05, 0.1) is 17.6 Å². The second-order valence-corrected chi connectivity index (χ2v) is 5.80. The van der Waals surface area contributed by atoms with Crippen LogP contribution >= 0.6 is 0 Å². The minimum absolute atomic E-state index is 0.294. The highest BCUT2D eigenvalue weighted by molar-refractivity contribution is 5.77. The SMILES string of the molecule is Cc1cc2nc(C3CCOc4ccccc43)[nH]c2cc1C. The van der Waals surface area contributed by atoms with E-state index >= 15 is 0 Å². The number of ether oxygens (including phenoxy) is 1. The van der Waals surface area contributed by atoms with E-state index < -0.39 is 0 Å². The van der Waals surface area contributed by atoms with Gasteiger partial charge < -0.3 is 9.72 Å². The van der Waals surface area contributed by atoms with Crippen LogP contribution in [0.2, 0.25) is 0 Å². The third-order valence-corrected chi connectivity index (χ3v) is 4.40. The van der Waals surface area contributed by atoms with Crippen LogP contribution in [0, 0.1) is 13.8 Å². The molecule has 2 aromatic carbocycles. The minimum Gasteiger partial charge on any atom is -0.493 e. The first-order valence-corrected chi connectivity index (χ1v) is 7.41. The molecule has 1 aliphatic rings. The lowest BCUT2D eigenvalue weighted by Crippen LogP contribution is -2.16. The van der Waals surface area contributed by atoms with Crippen molar-refractivity contribution in [2.45, 2.75) is 26.2 Å². The molecule has 3 nitrogen and oxygen atoms in total. The number of fused-ring (bicyclic) bond motifs is 2. The molecule has 1 N–H and O–H groups in total. The molecular formula is C18H18N2O. The molecule has 0 aliphatic carbocycles. The van der Waals surface area contributed by atoms with Crippen LogP contribution in [0.4, 0.5) is 0 Å². The lowest BCUT2D eigenvalue weighted by molar-refractivity contribution is 0.275. The Bertz CT molecular complexity index is 780. The normalized spacial score (nSPS) is 17.5. The molecule has 0 bridgehead atoms. The van der Waals surface area contributed by atoms with Gasteiger partial charge in [0, 0.05) is 11.5 Å². The van der Waals surface area contributed by atoms with Crippen molar-refractivity contribution in [2.24, 2.45) is 0 Å². The van der Waals surface area contributed by atoms with Crippen LogP contribution in [0.15, 0.2) is 36.4 Å². The van der Waals surface area contributed by atoms with Gasteiger partial charge in [0.2, 0.25) is 0 Å². The molecule has 1 unspecified atom stereocenters. The predicted molar refractivity (Wildman–Crippen MR) is 84.0 cm³/mol. The number of aromatic amines is 1. The number of aromatic nitrogens is 2. The molecule has 1 atom stereocenters. The Kier molecular flexibility index (Phi) is 2.74. The van der Waals surface area contributed by atoms with Crippen LogP contribution in [0.1, 0.15) is 34.9 Å². The van der Waals surface area contributed by atoms with E-state index in [1.807, 2.05) is 12.1 Å². The van der Waals surface area contributed by atoms with Crippen molar-refractivity contribution in [3.8, 4) is 5.75 Å². The van der Waals surface area contributed by atoms with Crippen LogP contribution in [-0.2, 0) is 0 Å². The van der Waals surface area contributed by atoms with Gasteiger partial charge in [0.15, 0.2) is 0 Å². The zero-order valence-corrected chi connectivity index (χ0v) is 12.3. The van der Waals surface area contributed by atoms with Gasteiger partial charge in [-0.3, -0.25) is 0 Å². The Morgan fingerprint density at radius 1 is 1.14 bits per heavy atom. The number of nitrogens with zero attached hydrogens (tertiary/aromatic N) is 1. The Balaban J connectivity index is 1.84. The average Bonchev–Trinajstić information content (AvgIpc) is 2.90. The molecule has 1 aromatic heterocycles. The van der Waals surface area contributed by atoms with Gasteiger partial charge in [-0.25, -0.2) is 4.98 Å². The smallest absolute Gasteiger partial charge is 0.123 e. The van der Waals surface area contributed by atoms with E-state index in [1.54, 1.807) is 0 Å². The maximum Gasteiger partial charge on any atom is 0.123 e. The number of hydrogen-bond donors (Lipinski definition) is 1. The van der Waals surface area contributed by atoms with E-state index in [0.29, 0.717) is 5.92 Å². The molecule has 3 aromatic rings. The average molecular weight is 278 g/mol. The lowest BCUT2D eigenvalue weighted by Gasteiger charge is -2.24. The fourth-order valence-electron chi connectivity index (χ4n) is 3.08. The summed E-state index contributed by atoms with van der Waals surface area (Å²) in [4.78, 5) is 8.33. The molecule has 0 saturated heterocycles. The highest BCUT2D eigenvalue weighted by atomic mass is 16.5. The molecule has 0 spiro atoms. The van der Waals surface area contributed by atoms with E-state index in [4.69, 9.17) is 9.72 Å². The van der Waals surface area contributed by atoms with Crippen molar-refractivity contribution >= 4 is 11.0 Å². The first-order chi connectivity index (χ1) is 10.2. The van der Waals surface area contributed by atoms with Crippen LogP contribution in [-0.4, -0.2) is 16.6 Å². The largest absolute Gasteiger partial charge is 0.493 e. The number of hydrogen-bond acceptors (Lipinski definition) is 2. The molecular weight excluding hydrogens is 260 g/mol. The monoisotopic (exact) mass is 278 g/mol. The second kappa shape index (κ2) is 4.62. The highest BCUT2D eigenvalue weighted by Gasteiger charge is 2.25. The molecule has 0 radical (unpaired) electrons. The van der Waals surface area contributed by atoms with Crippen molar-refractivity contribution in [3.05, 3.63) is 58.9 Å². The third kappa shape index (κ3) is 2.00. The van der Waals surface area contributed by atoms with E-state index in [-0.39, 0.29) is 0 Å². The standard InChI is InChI=1S/C18H18N2O/c1-11-9-15-16(10-12(11)2)20-18(19-15)14-7-8-21-17-6-4-3-5-13(14)17/h3-6,9-10,14H,7-8H2,1-2H3,(H,19,20). The number of benzene rings is 2. The van der Waals surface area contributed by atoms with Crippen molar-refractivity contribution in [1.82, 2.24) is 9.97 Å². The summed E-state index contributed by atoms with van der Waals surface area (Å²) in [5.74, 6) is 2.33. The first-order valence-electron chi connectivity index (χ1n) is 7.41. The van der Waals surface area contributed by atoms with E-state index in [1.165, 1.54) is 16.7 Å². The van der Waals surface area contributed by atoms with Gasteiger partial charge in [0.25, 0.3) is 0 Å². The topological polar surface area (TPSA) is 37.9 Å². The summed E-state index contributed by atoms with van der Waals surface area (Å²) in [5, 5.41) is 0. The van der Waals surface area contributed by atoms with E-state index in [2.05, 4.69) is 43.1 Å². The number of aryl methyl sites for hydroxylation is 2. The number of H-pyrrole nitrogens is 1. The highest BCUT2D eigenvalue weighted by Crippen LogP contribution is 2.37. The third-order valence-electron chi connectivity index (χ3n) is 4.40. The van der Waals surface area contributed by atoms with E-state index in [0.717, 1.165) is 35.6 Å². The van der Waals surface area contributed by atoms with Gasteiger partial charge >= 0.3 is 0 Å². The zero-order chi connectivity index (χ0) is 14.4. The van der Waals surface area contributed by atoms with Crippen LogP contribution in [0.5, 0.6) is 5.75 Å². The fourth-order valence-corrected chi connectivity index (χ4v) is 3.08. The summed E-state index contributed by atoms with van der Waals surface area (Å²) in [6.45, 7) is 5.02. The van der Waals surface area contributed by atoms with Crippen molar-refractivity contribution in [2.75, 3.05) is 6.61 Å². The first kappa shape index (κ1) is 12.5. The van der Waals surface area contributed by atoms with E-state index in [9.17, 15) is 0 Å². The quantitative estimate of drug-likeness (QED) is 0.728. The Labute approximate surface area is 124 Å². The second-order valence-electron chi connectivity index (χ2n) is 5.80. The number of rotatable bonds is 1. The van der Waals surface area contributed by atoms with Crippen LogP contribution in [0.3, 0.4) is 0 Å². The summed E-state index contributed by atoms with van der Waals surface area (Å²) in [6, 6.07) is 12.6. The molecule has 21 heavy (non-hydrogen) atoms. The molecule has 0 amide bonds. The molecule has 2 heterocycles. The zero-order valence-electron chi connectivity index (χ0n) is 12.3. The van der Waals surface area contributed by atoms with Gasteiger partial charge in [-0.15, -0.1) is 0 Å². The van der Waals surface area contributed by atoms with Gasteiger partial charge in [-0.2, -0.15) is 0 Å². The maximum atomic E-state index is 5.75. The van der Waals surface area contributed by atoms with Crippen molar-refractivity contribution < 1.29 is 4.74 Å². The van der Waals surface area contributed by atoms with Crippen molar-refractivity contribution in [3.63, 3.8) is 0 Å². The Morgan fingerprint density at radius 3 is 2.86 bits per heavy atom. The molecule has 0 fully saturated rings. The number of para-hydroxylation sites is 1. The summed E-state index contributed by atoms with van der Waals surface area (Å²) in [5.41, 5.74) is 5.99. The number of nitrogens with one attached hydrogen (secondary N) is 1. The Hall–Kier alpha value is -2.29. The van der Waals surface area contributed by atoms with Gasteiger partial charge in [0.1, 0.15) is 11.6 Å². The molecule has 106 valence electrons. The van der Waals surface area contributed by atoms with Gasteiger partial charge in [-0.05, 0) is 49.6 Å². The maximum absolute atomic E-state index is 5.75. The predicted octanol–water partition coefficient (Wildman–Crippen LogP) is 4.09. The summed E-state index contributed by atoms with van der Waals surface area (Å²) in [6.07, 6.45) is 0.967. The molecule has 3 heteroatoms.